The molecular weight excluding hydrogens is 356 g/mol. The molecule has 0 aliphatic carbocycles. The van der Waals surface area contributed by atoms with Gasteiger partial charge in [0, 0.05) is 5.56 Å². The molecule has 140 valence electrons. The minimum Gasteiger partial charge on any atom is -0.248 e. The van der Waals surface area contributed by atoms with Crippen LogP contribution in [-0.4, -0.2) is 14.5 Å². The number of aryl methyl sites for hydroxylation is 2. The lowest BCUT2D eigenvalue weighted by Crippen LogP contribution is -2.30. The first-order valence-electron chi connectivity index (χ1n) is 9.67. The molecule has 5 aromatic rings. The fraction of sp³-hybridized carbons (Fsp3) is 0.0800. The van der Waals surface area contributed by atoms with Crippen LogP contribution in [0.5, 0.6) is 0 Å². The largest absolute Gasteiger partial charge is 0.296 e. The van der Waals surface area contributed by atoms with Crippen molar-refractivity contribution >= 4 is 11.0 Å². The lowest BCUT2D eigenvalue weighted by molar-refractivity contribution is -0.633. The van der Waals surface area contributed by atoms with E-state index >= 15 is 0 Å². The van der Waals surface area contributed by atoms with E-state index < -0.39 is 0 Å². The smallest absolute Gasteiger partial charge is 0.248 e. The highest BCUT2D eigenvalue weighted by molar-refractivity contribution is 5.79. The number of fused-ring (bicyclic) bond motifs is 1. The van der Waals surface area contributed by atoms with Gasteiger partial charge in [-0.15, -0.1) is 0 Å². The highest BCUT2D eigenvalue weighted by Crippen LogP contribution is 2.28. The molecule has 0 radical (unpaired) electrons. The average Bonchev–Trinajstić information content (AvgIpc) is 3.07. The number of hydrogen-bond donors (Lipinski definition) is 0. The van der Waals surface area contributed by atoms with Crippen LogP contribution in [0.1, 0.15) is 5.56 Å². The van der Waals surface area contributed by atoms with E-state index in [4.69, 9.17) is 9.97 Å². The summed E-state index contributed by atoms with van der Waals surface area (Å²) in [6.07, 6.45) is 3.71. The molecule has 5 rings (SSSR count). The zero-order valence-electron chi connectivity index (χ0n) is 16.4. The van der Waals surface area contributed by atoms with Crippen LogP contribution in [-0.2, 0) is 7.05 Å². The molecule has 0 bridgehead atoms. The van der Waals surface area contributed by atoms with Crippen LogP contribution in [0.25, 0.3) is 39.5 Å². The Bertz CT molecular complexity index is 1300. The van der Waals surface area contributed by atoms with Gasteiger partial charge in [-0.1, -0.05) is 60.7 Å². The maximum Gasteiger partial charge on any atom is 0.296 e. The van der Waals surface area contributed by atoms with E-state index in [1.165, 1.54) is 11.1 Å². The Morgan fingerprint density at radius 2 is 1.48 bits per heavy atom. The average molecular weight is 377 g/mol. The second-order valence-electron chi connectivity index (χ2n) is 7.15. The van der Waals surface area contributed by atoms with Crippen LogP contribution in [0.15, 0.2) is 91.3 Å². The van der Waals surface area contributed by atoms with Gasteiger partial charge < -0.3 is 0 Å². The van der Waals surface area contributed by atoms with E-state index in [0.717, 1.165) is 33.9 Å². The summed E-state index contributed by atoms with van der Waals surface area (Å²) in [6.45, 7) is 2.14. The molecule has 0 fully saturated rings. The summed E-state index contributed by atoms with van der Waals surface area (Å²) in [7, 11) is 2.10. The Hall–Kier alpha value is -3.79. The Kier molecular flexibility index (Phi) is 4.17. The molecule has 0 aliphatic rings. The zero-order chi connectivity index (χ0) is 19.8. The Morgan fingerprint density at radius 3 is 2.24 bits per heavy atom. The third kappa shape index (κ3) is 2.90. The van der Waals surface area contributed by atoms with Crippen LogP contribution in [0.2, 0.25) is 0 Å². The van der Waals surface area contributed by atoms with E-state index in [1.54, 1.807) is 0 Å². The standard InChI is InChI=1S/C25H21N4/c1-18-10-6-7-13-20(18)25-28(2)22-14-8-9-15-23(22)29(25)24-17-26-21(16-27-24)19-11-4-3-5-12-19/h3-17H,1-2H3/q+1. The lowest BCUT2D eigenvalue weighted by Gasteiger charge is -2.06. The molecule has 29 heavy (non-hydrogen) atoms. The van der Waals surface area contributed by atoms with Gasteiger partial charge in [0.15, 0.2) is 11.0 Å². The van der Waals surface area contributed by atoms with Gasteiger partial charge >= 0.3 is 0 Å². The molecule has 0 saturated carbocycles. The third-order valence-corrected chi connectivity index (χ3v) is 5.34. The number of aromatic nitrogens is 4. The number of nitrogens with zero attached hydrogens (tertiary/aromatic N) is 4. The molecule has 2 heterocycles. The fourth-order valence-corrected chi connectivity index (χ4v) is 3.87. The predicted molar refractivity (Wildman–Crippen MR) is 116 cm³/mol. The minimum atomic E-state index is 0.805. The molecule has 0 atom stereocenters. The third-order valence-electron chi connectivity index (χ3n) is 5.34. The fourth-order valence-electron chi connectivity index (χ4n) is 3.87. The first-order valence-corrected chi connectivity index (χ1v) is 9.67. The van der Waals surface area contributed by atoms with E-state index in [9.17, 15) is 0 Å². The van der Waals surface area contributed by atoms with Crippen molar-refractivity contribution in [1.29, 1.82) is 0 Å². The van der Waals surface area contributed by atoms with Crippen molar-refractivity contribution in [3.63, 3.8) is 0 Å². The van der Waals surface area contributed by atoms with Crippen molar-refractivity contribution in [3.05, 3.63) is 96.8 Å². The minimum absolute atomic E-state index is 0.805. The van der Waals surface area contributed by atoms with Gasteiger partial charge in [-0.3, -0.25) is 0 Å². The summed E-state index contributed by atoms with van der Waals surface area (Å²) in [6, 6.07) is 27.0. The predicted octanol–water partition coefficient (Wildman–Crippen LogP) is 4.89. The first-order chi connectivity index (χ1) is 14.2. The summed E-state index contributed by atoms with van der Waals surface area (Å²) in [4.78, 5) is 9.50. The first kappa shape index (κ1) is 17.3. The van der Waals surface area contributed by atoms with Crippen LogP contribution in [0.3, 0.4) is 0 Å². The number of rotatable bonds is 3. The molecule has 3 aromatic carbocycles. The monoisotopic (exact) mass is 377 g/mol. The van der Waals surface area contributed by atoms with Gasteiger partial charge in [0.25, 0.3) is 5.82 Å². The second-order valence-corrected chi connectivity index (χ2v) is 7.15. The Labute approximate surface area is 169 Å². The van der Waals surface area contributed by atoms with Gasteiger partial charge in [0.05, 0.1) is 30.7 Å². The van der Waals surface area contributed by atoms with Gasteiger partial charge in [-0.05, 0) is 30.7 Å². The summed E-state index contributed by atoms with van der Waals surface area (Å²) in [5.74, 6) is 1.89. The lowest BCUT2D eigenvalue weighted by atomic mass is 10.1. The molecule has 4 heteroatoms. The number of hydrogen-bond acceptors (Lipinski definition) is 2. The molecule has 0 unspecified atom stereocenters. The highest BCUT2D eigenvalue weighted by atomic mass is 15.2. The van der Waals surface area contributed by atoms with E-state index in [1.807, 2.05) is 42.7 Å². The molecule has 4 nitrogen and oxygen atoms in total. The summed E-state index contributed by atoms with van der Waals surface area (Å²) >= 11 is 0. The van der Waals surface area contributed by atoms with E-state index in [0.29, 0.717) is 0 Å². The van der Waals surface area contributed by atoms with Gasteiger partial charge in [0.1, 0.15) is 0 Å². The van der Waals surface area contributed by atoms with Gasteiger partial charge in [0.2, 0.25) is 5.82 Å². The zero-order valence-corrected chi connectivity index (χ0v) is 16.4. The molecule has 0 amide bonds. The van der Waals surface area contributed by atoms with Crippen LogP contribution < -0.4 is 4.57 Å². The Morgan fingerprint density at radius 1 is 0.759 bits per heavy atom. The van der Waals surface area contributed by atoms with Crippen molar-refractivity contribution in [2.45, 2.75) is 6.92 Å². The highest BCUT2D eigenvalue weighted by Gasteiger charge is 2.27. The van der Waals surface area contributed by atoms with Crippen LogP contribution in [0.4, 0.5) is 0 Å². The van der Waals surface area contributed by atoms with Crippen molar-refractivity contribution < 1.29 is 4.57 Å². The Balaban J connectivity index is 1.75. The summed E-state index contributed by atoms with van der Waals surface area (Å²) in [5, 5.41) is 0. The quantitative estimate of drug-likeness (QED) is 0.420. The second kappa shape index (κ2) is 6.99. The number of para-hydroxylation sites is 2. The van der Waals surface area contributed by atoms with Gasteiger partial charge in [-0.25, -0.2) is 14.5 Å². The molecular formula is C25H21N4+. The van der Waals surface area contributed by atoms with Crippen molar-refractivity contribution in [2.75, 3.05) is 0 Å². The maximum atomic E-state index is 4.79. The van der Waals surface area contributed by atoms with E-state index in [-0.39, 0.29) is 0 Å². The van der Waals surface area contributed by atoms with Gasteiger partial charge in [-0.2, -0.15) is 4.57 Å². The van der Waals surface area contributed by atoms with E-state index in [2.05, 4.69) is 71.6 Å². The van der Waals surface area contributed by atoms with Crippen molar-refractivity contribution in [3.8, 4) is 28.5 Å². The van der Waals surface area contributed by atoms with Crippen LogP contribution >= 0.6 is 0 Å². The molecule has 0 saturated heterocycles. The number of benzene rings is 3. The van der Waals surface area contributed by atoms with Crippen LogP contribution in [0, 0.1) is 6.92 Å². The summed E-state index contributed by atoms with van der Waals surface area (Å²) < 4.78 is 4.42. The van der Waals surface area contributed by atoms with Crippen molar-refractivity contribution in [1.82, 2.24) is 14.5 Å². The molecule has 0 aliphatic heterocycles. The topological polar surface area (TPSA) is 34.6 Å². The molecule has 2 aromatic heterocycles. The molecule has 0 N–H and O–H groups in total. The number of imidazole rings is 1. The maximum absolute atomic E-state index is 4.79. The SMILES string of the molecule is Cc1ccccc1-c1n(-c2cnc(-c3ccccc3)cn2)c2ccccc2[n+]1C. The summed E-state index contributed by atoms with van der Waals surface area (Å²) in [5.41, 5.74) is 6.59. The van der Waals surface area contributed by atoms with Crippen molar-refractivity contribution in [2.24, 2.45) is 7.05 Å². The molecule has 0 spiro atoms. The normalized spacial score (nSPS) is 11.1.